The van der Waals surface area contributed by atoms with Crippen molar-refractivity contribution in [2.75, 3.05) is 24.7 Å². The molecule has 1 heterocycles. The van der Waals surface area contributed by atoms with Crippen LogP contribution < -0.4 is 5.32 Å². The Hall–Kier alpha value is -1.01. The van der Waals surface area contributed by atoms with E-state index in [0.29, 0.717) is 18.8 Å². The van der Waals surface area contributed by atoms with Crippen molar-refractivity contribution in [1.29, 1.82) is 0 Å². The van der Waals surface area contributed by atoms with Gasteiger partial charge in [-0.25, -0.2) is 0 Å². The first-order valence-electron chi connectivity index (χ1n) is 6.76. The molecule has 0 aliphatic carbocycles. The Labute approximate surface area is 118 Å². The molecule has 1 rings (SSSR count). The van der Waals surface area contributed by atoms with Crippen molar-refractivity contribution in [3.63, 3.8) is 0 Å². The molecule has 6 heteroatoms. The highest BCUT2D eigenvalue weighted by Gasteiger charge is 2.13. The molecule has 0 radical (unpaired) electrons. The number of rotatable bonds is 9. The highest BCUT2D eigenvalue weighted by atomic mass is 32.2. The van der Waals surface area contributed by atoms with E-state index in [0.717, 1.165) is 30.0 Å². The number of carbonyl (C=O) groups excluding carboxylic acids is 1. The number of aliphatic hydroxyl groups is 1. The van der Waals surface area contributed by atoms with Gasteiger partial charge >= 0.3 is 0 Å². The van der Waals surface area contributed by atoms with Crippen molar-refractivity contribution >= 4 is 17.7 Å². The predicted molar refractivity (Wildman–Crippen MR) is 78.6 cm³/mol. The zero-order valence-electron chi connectivity index (χ0n) is 11.7. The summed E-state index contributed by atoms with van der Waals surface area (Å²) < 4.78 is 1.74. The van der Waals surface area contributed by atoms with E-state index in [9.17, 15) is 4.79 Å². The molecule has 0 unspecified atom stereocenters. The van der Waals surface area contributed by atoms with E-state index in [4.69, 9.17) is 5.11 Å². The highest BCUT2D eigenvalue weighted by molar-refractivity contribution is 7.99. The third kappa shape index (κ3) is 5.24. The summed E-state index contributed by atoms with van der Waals surface area (Å²) in [5.74, 6) is 1.74. The Bertz CT molecular complexity index is 393. The normalized spacial score (nSPS) is 10.7. The van der Waals surface area contributed by atoms with Crippen LogP contribution in [0.4, 0.5) is 0 Å². The monoisotopic (exact) mass is 285 g/mol. The molecule has 0 bridgehead atoms. The number of aliphatic hydroxyl groups excluding tert-OH is 1. The van der Waals surface area contributed by atoms with E-state index < -0.39 is 0 Å². The van der Waals surface area contributed by atoms with Gasteiger partial charge in [-0.05, 0) is 31.6 Å². The lowest BCUT2D eigenvalue weighted by Gasteiger charge is -2.06. The second-order valence-electron chi connectivity index (χ2n) is 4.14. The zero-order valence-corrected chi connectivity index (χ0v) is 12.5. The fraction of sp³-hybridized carbons (Fsp3) is 0.692. The molecule has 5 nitrogen and oxygen atoms in total. The lowest BCUT2D eigenvalue weighted by molar-refractivity contribution is 0.0945. The maximum Gasteiger partial charge on any atom is 0.269 e. The van der Waals surface area contributed by atoms with E-state index in [1.54, 1.807) is 16.4 Å². The van der Waals surface area contributed by atoms with Gasteiger partial charge in [-0.2, -0.15) is 16.9 Å². The van der Waals surface area contributed by atoms with Crippen LogP contribution in [0.5, 0.6) is 0 Å². The second kappa shape index (κ2) is 8.98. The smallest absolute Gasteiger partial charge is 0.269 e. The average molecular weight is 285 g/mol. The van der Waals surface area contributed by atoms with Gasteiger partial charge in [0.25, 0.3) is 5.91 Å². The summed E-state index contributed by atoms with van der Waals surface area (Å²) >= 11 is 1.74. The van der Waals surface area contributed by atoms with E-state index >= 15 is 0 Å². The lowest BCUT2D eigenvalue weighted by atomic mass is 10.3. The van der Waals surface area contributed by atoms with Gasteiger partial charge in [0, 0.05) is 25.4 Å². The second-order valence-corrected chi connectivity index (χ2v) is 5.36. The van der Waals surface area contributed by atoms with Gasteiger partial charge in [0.2, 0.25) is 0 Å². The molecule has 0 saturated heterocycles. The summed E-state index contributed by atoms with van der Waals surface area (Å²) in [6.45, 7) is 5.59. The number of thioether (sulfide) groups is 1. The van der Waals surface area contributed by atoms with Crippen LogP contribution in [0.25, 0.3) is 0 Å². The van der Waals surface area contributed by atoms with E-state index in [1.165, 1.54) is 0 Å². The molecule has 0 atom stereocenters. The summed E-state index contributed by atoms with van der Waals surface area (Å²) in [5, 5.41) is 15.9. The molecule has 0 saturated carbocycles. The van der Waals surface area contributed by atoms with Gasteiger partial charge in [0.1, 0.15) is 5.69 Å². The van der Waals surface area contributed by atoms with Crippen LogP contribution in [0, 0.1) is 0 Å². The fourth-order valence-electron chi connectivity index (χ4n) is 1.66. The van der Waals surface area contributed by atoms with Crippen LogP contribution in [0.3, 0.4) is 0 Å². The Morgan fingerprint density at radius 2 is 2.26 bits per heavy atom. The Kier molecular flexibility index (Phi) is 7.59. The maximum absolute atomic E-state index is 12.0. The van der Waals surface area contributed by atoms with Gasteiger partial charge < -0.3 is 10.4 Å². The molecule has 2 N–H and O–H groups in total. The summed E-state index contributed by atoms with van der Waals surface area (Å²) in [5.41, 5.74) is 1.59. The molecule has 0 aromatic carbocycles. The minimum Gasteiger partial charge on any atom is -0.396 e. The molecule has 0 spiro atoms. The molecule has 1 aromatic heterocycles. The number of nitrogens with one attached hydrogen (secondary N) is 1. The molecular weight excluding hydrogens is 262 g/mol. The quantitative estimate of drug-likeness (QED) is 0.671. The van der Waals surface area contributed by atoms with Crippen molar-refractivity contribution in [3.05, 3.63) is 17.5 Å². The Morgan fingerprint density at radius 3 is 2.89 bits per heavy atom. The largest absolute Gasteiger partial charge is 0.396 e. The topological polar surface area (TPSA) is 67.2 Å². The number of aryl methyl sites for hydroxylation is 2. The highest BCUT2D eigenvalue weighted by Crippen LogP contribution is 2.06. The molecule has 0 aliphatic heterocycles. The molecule has 1 amide bonds. The lowest BCUT2D eigenvalue weighted by Crippen LogP contribution is -2.28. The van der Waals surface area contributed by atoms with Crippen LogP contribution in [0.15, 0.2) is 6.07 Å². The van der Waals surface area contributed by atoms with Crippen molar-refractivity contribution in [3.8, 4) is 0 Å². The summed E-state index contributed by atoms with van der Waals surface area (Å²) in [6.07, 6.45) is 1.64. The average Bonchev–Trinajstić information content (AvgIpc) is 2.86. The van der Waals surface area contributed by atoms with Gasteiger partial charge in [-0.1, -0.05) is 6.92 Å². The molecule has 0 aliphatic rings. The van der Waals surface area contributed by atoms with Crippen LogP contribution in [-0.4, -0.2) is 45.5 Å². The van der Waals surface area contributed by atoms with Gasteiger partial charge in [-0.15, -0.1) is 0 Å². The fourth-order valence-corrected chi connectivity index (χ4v) is 2.45. The van der Waals surface area contributed by atoms with Gasteiger partial charge in [-0.3, -0.25) is 9.48 Å². The first-order valence-corrected chi connectivity index (χ1v) is 7.91. The predicted octanol–water partition coefficient (Wildman–Crippen LogP) is 1.31. The van der Waals surface area contributed by atoms with Gasteiger partial charge in [0.15, 0.2) is 0 Å². The third-order valence-electron chi connectivity index (χ3n) is 2.70. The van der Waals surface area contributed by atoms with Crippen molar-refractivity contribution in [2.24, 2.45) is 0 Å². The zero-order chi connectivity index (χ0) is 14.1. The molecular formula is C13H23N3O2S. The molecule has 0 fully saturated rings. The van der Waals surface area contributed by atoms with E-state index in [2.05, 4.69) is 10.4 Å². The summed E-state index contributed by atoms with van der Waals surface area (Å²) in [4.78, 5) is 12.0. The van der Waals surface area contributed by atoms with Crippen LogP contribution in [-0.2, 0) is 13.0 Å². The van der Waals surface area contributed by atoms with E-state index in [1.807, 2.05) is 19.9 Å². The Morgan fingerprint density at radius 1 is 1.47 bits per heavy atom. The molecule has 108 valence electrons. The first-order chi connectivity index (χ1) is 9.22. The van der Waals surface area contributed by atoms with Crippen molar-refractivity contribution in [2.45, 2.75) is 33.2 Å². The number of amides is 1. The number of aromatic nitrogens is 2. The number of hydrogen-bond acceptors (Lipinski definition) is 4. The van der Waals surface area contributed by atoms with Gasteiger partial charge in [0.05, 0.1) is 5.69 Å². The summed E-state index contributed by atoms with van der Waals surface area (Å²) in [6, 6.07) is 1.86. The SMILES string of the molecule is CCc1cc(C(=O)NCCSCCCO)n(CC)n1. The number of nitrogens with zero attached hydrogens (tertiary/aromatic N) is 2. The summed E-state index contributed by atoms with van der Waals surface area (Å²) in [7, 11) is 0. The number of carbonyl (C=O) groups is 1. The minimum atomic E-state index is -0.0585. The van der Waals surface area contributed by atoms with Crippen LogP contribution in [0.1, 0.15) is 36.5 Å². The van der Waals surface area contributed by atoms with Crippen LogP contribution >= 0.6 is 11.8 Å². The Balaban J connectivity index is 2.38. The van der Waals surface area contributed by atoms with E-state index in [-0.39, 0.29) is 12.5 Å². The van der Waals surface area contributed by atoms with Crippen LogP contribution in [0.2, 0.25) is 0 Å². The minimum absolute atomic E-state index is 0.0585. The standard InChI is InChI=1S/C13H23N3O2S/c1-3-11-10-12(16(4-2)15-11)13(18)14-6-9-19-8-5-7-17/h10,17H,3-9H2,1-2H3,(H,14,18). The van der Waals surface area contributed by atoms with Crippen molar-refractivity contribution in [1.82, 2.24) is 15.1 Å². The molecule has 1 aromatic rings. The first kappa shape index (κ1) is 16.0. The number of hydrogen-bond donors (Lipinski definition) is 2. The third-order valence-corrected chi connectivity index (χ3v) is 3.77. The molecule has 19 heavy (non-hydrogen) atoms. The van der Waals surface area contributed by atoms with Crippen molar-refractivity contribution < 1.29 is 9.90 Å². The maximum atomic E-state index is 12.0.